The number of benzene rings is 1. The Hall–Kier alpha value is -1.06. The van der Waals surface area contributed by atoms with Crippen LogP contribution in [0.4, 0.5) is 0 Å². The largest absolute Gasteiger partial charge is 0.349 e. The fourth-order valence-electron chi connectivity index (χ4n) is 2.02. The Morgan fingerprint density at radius 2 is 1.86 bits per heavy atom. The molecule has 1 aromatic rings. The van der Waals surface area contributed by atoms with Gasteiger partial charge in [-0.05, 0) is 38.2 Å². The predicted octanol–water partition coefficient (Wildman–Crippen LogP) is 3.23. The Kier molecular flexibility index (Phi) is 8.60. The molecule has 0 spiro atoms. The molecular weight excluding hydrogens is 284 g/mol. The predicted molar refractivity (Wildman–Crippen MR) is 91.8 cm³/mol. The maximum atomic E-state index is 12.0. The van der Waals surface area contributed by atoms with E-state index in [2.05, 4.69) is 50.4 Å². The van der Waals surface area contributed by atoms with Crippen molar-refractivity contribution in [2.24, 2.45) is 11.7 Å². The first-order chi connectivity index (χ1) is 9.37. The van der Waals surface area contributed by atoms with Crippen molar-refractivity contribution in [1.29, 1.82) is 0 Å². The third-order valence-corrected chi connectivity index (χ3v) is 4.11. The van der Waals surface area contributed by atoms with E-state index in [4.69, 9.17) is 5.73 Å². The molecule has 1 rings (SSSR count). The highest BCUT2D eigenvalue weighted by molar-refractivity contribution is 5.85. The molecule has 1 atom stereocenters. The molecule has 120 valence electrons. The van der Waals surface area contributed by atoms with Gasteiger partial charge in [0.05, 0.1) is 5.54 Å². The summed E-state index contributed by atoms with van der Waals surface area (Å²) in [6, 6.07) is 8.48. The summed E-state index contributed by atoms with van der Waals surface area (Å²) in [5, 5.41) is 3.07. The zero-order chi connectivity index (χ0) is 15.2. The SMILES string of the molecule is Cc1ccc(CCCC(=O)NC(C)(CN)C(C)C)cc1.Cl. The van der Waals surface area contributed by atoms with Crippen LogP contribution in [0.5, 0.6) is 0 Å². The monoisotopic (exact) mass is 312 g/mol. The van der Waals surface area contributed by atoms with Crippen molar-refractivity contribution < 1.29 is 4.79 Å². The second-order valence-corrected chi connectivity index (χ2v) is 6.16. The van der Waals surface area contributed by atoms with E-state index in [1.165, 1.54) is 11.1 Å². The van der Waals surface area contributed by atoms with Crippen LogP contribution >= 0.6 is 12.4 Å². The number of hydrogen-bond acceptors (Lipinski definition) is 2. The van der Waals surface area contributed by atoms with Gasteiger partial charge in [0, 0.05) is 13.0 Å². The van der Waals surface area contributed by atoms with Crippen LogP contribution in [-0.2, 0) is 11.2 Å². The van der Waals surface area contributed by atoms with Crippen LogP contribution in [0.1, 0.15) is 44.7 Å². The van der Waals surface area contributed by atoms with Gasteiger partial charge in [0.2, 0.25) is 5.91 Å². The lowest BCUT2D eigenvalue weighted by atomic mass is 9.88. The average molecular weight is 313 g/mol. The van der Waals surface area contributed by atoms with E-state index in [0.717, 1.165) is 12.8 Å². The molecule has 0 heterocycles. The zero-order valence-electron chi connectivity index (χ0n) is 13.6. The quantitative estimate of drug-likeness (QED) is 0.812. The second-order valence-electron chi connectivity index (χ2n) is 6.16. The summed E-state index contributed by atoms with van der Waals surface area (Å²) in [5.74, 6) is 0.423. The molecule has 3 nitrogen and oxygen atoms in total. The van der Waals surface area contributed by atoms with Gasteiger partial charge in [-0.3, -0.25) is 4.79 Å². The topological polar surface area (TPSA) is 55.1 Å². The van der Waals surface area contributed by atoms with Crippen LogP contribution < -0.4 is 11.1 Å². The second kappa shape index (κ2) is 9.06. The molecule has 0 saturated carbocycles. The molecule has 3 N–H and O–H groups in total. The molecule has 0 aliphatic carbocycles. The van der Waals surface area contributed by atoms with Gasteiger partial charge in [0.25, 0.3) is 0 Å². The number of carbonyl (C=O) groups is 1. The van der Waals surface area contributed by atoms with Gasteiger partial charge in [-0.2, -0.15) is 0 Å². The van der Waals surface area contributed by atoms with Gasteiger partial charge in [0.15, 0.2) is 0 Å². The minimum absolute atomic E-state index is 0. The number of amides is 1. The highest BCUT2D eigenvalue weighted by Crippen LogP contribution is 2.15. The molecule has 0 saturated heterocycles. The third-order valence-electron chi connectivity index (χ3n) is 4.11. The summed E-state index contributed by atoms with van der Waals surface area (Å²) < 4.78 is 0. The van der Waals surface area contributed by atoms with Gasteiger partial charge < -0.3 is 11.1 Å². The van der Waals surface area contributed by atoms with E-state index in [9.17, 15) is 4.79 Å². The molecule has 21 heavy (non-hydrogen) atoms. The number of hydrogen-bond donors (Lipinski definition) is 2. The average Bonchev–Trinajstić information content (AvgIpc) is 2.40. The zero-order valence-corrected chi connectivity index (χ0v) is 14.4. The smallest absolute Gasteiger partial charge is 0.220 e. The summed E-state index contributed by atoms with van der Waals surface area (Å²) in [5.41, 5.74) is 8.02. The van der Waals surface area contributed by atoms with Crippen molar-refractivity contribution >= 4 is 18.3 Å². The van der Waals surface area contributed by atoms with Crippen molar-refractivity contribution in [3.63, 3.8) is 0 Å². The lowest BCUT2D eigenvalue weighted by Gasteiger charge is -2.33. The van der Waals surface area contributed by atoms with Crippen molar-refractivity contribution in [3.05, 3.63) is 35.4 Å². The van der Waals surface area contributed by atoms with Crippen LogP contribution in [0.3, 0.4) is 0 Å². The minimum atomic E-state index is -0.305. The van der Waals surface area contributed by atoms with Gasteiger partial charge in [-0.15, -0.1) is 12.4 Å². The van der Waals surface area contributed by atoms with Gasteiger partial charge >= 0.3 is 0 Å². The molecule has 0 aliphatic rings. The third kappa shape index (κ3) is 6.49. The fourth-order valence-corrected chi connectivity index (χ4v) is 2.02. The Morgan fingerprint density at radius 3 is 2.33 bits per heavy atom. The molecule has 4 heteroatoms. The van der Waals surface area contributed by atoms with Crippen LogP contribution in [0.25, 0.3) is 0 Å². The molecule has 0 aromatic heterocycles. The first-order valence-corrected chi connectivity index (χ1v) is 7.44. The first kappa shape index (κ1) is 19.9. The maximum Gasteiger partial charge on any atom is 0.220 e. The van der Waals surface area contributed by atoms with E-state index in [1.807, 2.05) is 6.92 Å². The molecule has 0 radical (unpaired) electrons. The summed E-state index contributed by atoms with van der Waals surface area (Å²) in [7, 11) is 0. The van der Waals surface area contributed by atoms with Crippen molar-refractivity contribution in [1.82, 2.24) is 5.32 Å². The Labute approximate surface area is 135 Å². The standard InChI is InChI=1S/C17H28N2O.ClH/c1-13(2)17(4,12-18)19-16(20)7-5-6-15-10-8-14(3)9-11-15;/h8-11,13H,5-7,12,18H2,1-4H3,(H,19,20);1H. The van der Waals surface area contributed by atoms with Gasteiger partial charge in [0.1, 0.15) is 0 Å². The highest BCUT2D eigenvalue weighted by Gasteiger charge is 2.28. The molecule has 1 unspecified atom stereocenters. The van der Waals surface area contributed by atoms with Crippen molar-refractivity contribution in [3.8, 4) is 0 Å². The Balaban J connectivity index is 0.00000400. The van der Waals surface area contributed by atoms with E-state index in [0.29, 0.717) is 18.9 Å². The number of halogens is 1. The van der Waals surface area contributed by atoms with Crippen molar-refractivity contribution in [2.45, 2.75) is 52.5 Å². The molecule has 0 bridgehead atoms. The Bertz CT molecular complexity index is 431. The van der Waals surface area contributed by atoms with E-state index < -0.39 is 0 Å². The molecule has 0 aliphatic heterocycles. The van der Waals surface area contributed by atoms with Crippen LogP contribution in [-0.4, -0.2) is 18.0 Å². The normalized spacial score (nSPS) is 13.4. The van der Waals surface area contributed by atoms with Crippen LogP contribution in [0, 0.1) is 12.8 Å². The number of rotatable bonds is 7. The molecular formula is C17H29ClN2O. The number of nitrogens with one attached hydrogen (secondary N) is 1. The number of aryl methyl sites for hydroxylation is 2. The first-order valence-electron chi connectivity index (χ1n) is 7.44. The number of carbonyl (C=O) groups excluding carboxylic acids is 1. The van der Waals surface area contributed by atoms with Crippen molar-refractivity contribution in [2.75, 3.05) is 6.54 Å². The summed E-state index contributed by atoms with van der Waals surface area (Å²) in [6.45, 7) is 8.72. The molecule has 1 amide bonds. The lowest BCUT2D eigenvalue weighted by molar-refractivity contribution is -0.123. The van der Waals surface area contributed by atoms with Crippen LogP contribution in [0.15, 0.2) is 24.3 Å². The van der Waals surface area contributed by atoms with E-state index >= 15 is 0 Å². The van der Waals surface area contributed by atoms with Crippen LogP contribution in [0.2, 0.25) is 0 Å². The summed E-state index contributed by atoms with van der Waals surface area (Å²) in [6.07, 6.45) is 2.36. The Morgan fingerprint density at radius 1 is 1.29 bits per heavy atom. The highest BCUT2D eigenvalue weighted by atomic mass is 35.5. The molecule has 1 aromatic carbocycles. The maximum absolute atomic E-state index is 12.0. The van der Waals surface area contributed by atoms with Gasteiger partial charge in [-0.25, -0.2) is 0 Å². The van der Waals surface area contributed by atoms with Gasteiger partial charge in [-0.1, -0.05) is 43.7 Å². The fraction of sp³-hybridized carbons (Fsp3) is 0.588. The summed E-state index contributed by atoms with van der Waals surface area (Å²) in [4.78, 5) is 12.0. The lowest BCUT2D eigenvalue weighted by Crippen LogP contribution is -2.54. The van der Waals surface area contributed by atoms with E-state index in [-0.39, 0.29) is 23.9 Å². The summed E-state index contributed by atoms with van der Waals surface area (Å²) >= 11 is 0. The minimum Gasteiger partial charge on any atom is -0.349 e. The molecule has 0 fully saturated rings. The number of nitrogens with two attached hydrogens (primary N) is 1. The van der Waals surface area contributed by atoms with E-state index in [1.54, 1.807) is 0 Å².